The fourth-order valence-electron chi connectivity index (χ4n) is 2.69. The number of pyridine rings is 1. The van der Waals surface area contributed by atoms with Gasteiger partial charge in [-0.05, 0) is 37.1 Å². The lowest BCUT2D eigenvalue weighted by atomic mass is 10.0. The highest BCUT2D eigenvalue weighted by molar-refractivity contribution is 7.90. The minimum atomic E-state index is -3.64. The van der Waals surface area contributed by atoms with Gasteiger partial charge in [0.15, 0.2) is 0 Å². The van der Waals surface area contributed by atoms with Gasteiger partial charge in [-0.15, -0.1) is 0 Å². The van der Waals surface area contributed by atoms with Gasteiger partial charge in [0, 0.05) is 11.3 Å². The lowest BCUT2D eigenvalue weighted by molar-refractivity contribution is -0.118. The molecule has 1 amide bonds. The summed E-state index contributed by atoms with van der Waals surface area (Å²) < 4.78 is 26.9. The van der Waals surface area contributed by atoms with Gasteiger partial charge in [0.1, 0.15) is 17.7 Å². The van der Waals surface area contributed by atoms with Crippen molar-refractivity contribution in [1.29, 1.82) is 0 Å². The standard InChI is InChI=1S/C18H20N4O3S/c1-11(2)16(18(23)20-15-10-6-7-12(3)19-15)21-17-13-8-4-5-9-14(13)26(24,25)22-17/h4-11,16H,1-3H3,(H,21,22)(H,19,20,23)/t16-/m0/s1. The molecular formula is C18H20N4O3S. The van der Waals surface area contributed by atoms with Gasteiger partial charge in [-0.3, -0.25) is 14.5 Å². The van der Waals surface area contributed by atoms with Gasteiger partial charge in [0.25, 0.3) is 15.9 Å². The molecule has 7 nitrogen and oxygen atoms in total. The third kappa shape index (κ3) is 3.60. The Labute approximate surface area is 152 Å². The van der Waals surface area contributed by atoms with Crippen molar-refractivity contribution in [2.75, 3.05) is 5.32 Å². The molecule has 0 saturated carbocycles. The molecule has 0 bridgehead atoms. The number of benzene rings is 1. The summed E-state index contributed by atoms with van der Waals surface area (Å²) in [6, 6.07) is 11.1. The summed E-state index contributed by atoms with van der Waals surface area (Å²) in [6.45, 7) is 5.54. The van der Waals surface area contributed by atoms with Crippen LogP contribution in [0.4, 0.5) is 5.82 Å². The summed E-state index contributed by atoms with van der Waals surface area (Å²) in [6.07, 6.45) is 0. The van der Waals surface area contributed by atoms with Crippen molar-refractivity contribution in [2.45, 2.75) is 31.7 Å². The molecule has 1 aliphatic heterocycles. The molecule has 26 heavy (non-hydrogen) atoms. The van der Waals surface area contributed by atoms with Gasteiger partial charge in [-0.25, -0.2) is 13.4 Å². The summed E-state index contributed by atoms with van der Waals surface area (Å²) in [5.74, 6) is 0.152. The minimum Gasteiger partial charge on any atom is -0.309 e. The first kappa shape index (κ1) is 18.1. The van der Waals surface area contributed by atoms with Crippen molar-refractivity contribution in [1.82, 2.24) is 9.71 Å². The van der Waals surface area contributed by atoms with Gasteiger partial charge < -0.3 is 5.32 Å². The van der Waals surface area contributed by atoms with Crippen LogP contribution < -0.4 is 10.0 Å². The zero-order valence-corrected chi connectivity index (χ0v) is 15.5. The molecule has 0 fully saturated rings. The predicted molar refractivity (Wildman–Crippen MR) is 99.5 cm³/mol. The van der Waals surface area contributed by atoms with E-state index in [4.69, 9.17) is 0 Å². The normalized spacial score (nSPS) is 17.6. The smallest absolute Gasteiger partial charge is 0.263 e. The van der Waals surface area contributed by atoms with Crippen LogP contribution in [0.25, 0.3) is 0 Å². The Bertz CT molecular complexity index is 983. The molecule has 0 aliphatic carbocycles. The lowest BCUT2D eigenvalue weighted by Gasteiger charge is -2.17. The van der Waals surface area contributed by atoms with Crippen LogP contribution in [0.1, 0.15) is 25.1 Å². The van der Waals surface area contributed by atoms with Crippen molar-refractivity contribution >= 4 is 27.6 Å². The maximum atomic E-state index is 12.7. The molecule has 8 heteroatoms. The quantitative estimate of drug-likeness (QED) is 0.858. The third-order valence-corrected chi connectivity index (χ3v) is 5.37. The second-order valence-corrected chi connectivity index (χ2v) is 8.07. The zero-order chi connectivity index (χ0) is 18.9. The molecule has 3 rings (SSSR count). The van der Waals surface area contributed by atoms with E-state index in [1.165, 1.54) is 6.07 Å². The highest BCUT2D eigenvalue weighted by Crippen LogP contribution is 2.23. The predicted octanol–water partition coefficient (Wildman–Crippen LogP) is 2.09. The summed E-state index contributed by atoms with van der Waals surface area (Å²) in [4.78, 5) is 21.5. The maximum Gasteiger partial charge on any atom is 0.263 e. The number of aromatic nitrogens is 1. The average Bonchev–Trinajstić information content (AvgIpc) is 2.83. The molecule has 2 N–H and O–H groups in total. The number of hydrogen-bond donors (Lipinski definition) is 2. The third-order valence-electron chi connectivity index (χ3n) is 3.97. The number of nitrogens with one attached hydrogen (secondary N) is 2. The number of hydrogen-bond acceptors (Lipinski definition) is 5. The first-order valence-corrected chi connectivity index (χ1v) is 9.71. The van der Waals surface area contributed by atoms with Crippen molar-refractivity contribution in [3.05, 3.63) is 53.7 Å². The molecule has 1 aliphatic rings. The number of amides is 1. The van der Waals surface area contributed by atoms with E-state index < -0.39 is 16.1 Å². The topological polar surface area (TPSA) is 101 Å². The molecule has 1 aromatic carbocycles. The first-order chi connectivity index (χ1) is 12.3. The summed E-state index contributed by atoms with van der Waals surface area (Å²) in [7, 11) is -3.64. The summed E-state index contributed by atoms with van der Waals surface area (Å²) >= 11 is 0. The van der Waals surface area contributed by atoms with Crippen molar-refractivity contribution in [2.24, 2.45) is 10.9 Å². The van der Waals surface area contributed by atoms with Gasteiger partial charge in [0.05, 0.1) is 4.90 Å². The van der Waals surface area contributed by atoms with Crippen LogP contribution in [0.2, 0.25) is 0 Å². The van der Waals surface area contributed by atoms with Crippen LogP contribution in [0.15, 0.2) is 52.4 Å². The van der Waals surface area contributed by atoms with Crippen LogP contribution in [0.3, 0.4) is 0 Å². The minimum absolute atomic E-state index is 0.135. The first-order valence-electron chi connectivity index (χ1n) is 8.22. The van der Waals surface area contributed by atoms with E-state index in [2.05, 4.69) is 20.0 Å². The van der Waals surface area contributed by atoms with Crippen LogP contribution >= 0.6 is 0 Å². The second kappa shape index (κ2) is 6.87. The van der Waals surface area contributed by atoms with Gasteiger partial charge in [0.2, 0.25) is 0 Å². The Balaban J connectivity index is 1.92. The fourth-order valence-corrected chi connectivity index (χ4v) is 3.93. The van der Waals surface area contributed by atoms with Gasteiger partial charge in [-0.2, -0.15) is 0 Å². The van der Waals surface area contributed by atoms with E-state index in [0.29, 0.717) is 11.4 Å². The number of aliphatic imine (C=N–C) groups is 1. The summed E-state index contributed by atoms with van der Waals surface area (Å²) in [5, 5.41) is 2.75. The maximum absolute atomic E-state index is 12.7. The average molecular weight is 372 g/mol. The number of fused-ring (bicyclic) bond motifs is 1. The summed E-state index contributed by atoms with van der Waals surface area (Å²) in [5.41, 5.74) is 1.26. The number of carbonyl (C=O) groups is 1. The Hall–Kier alpha value is -2.74. The van der Waals surface area contributed by atoms with Crippen molar-refractivity contribution in [3.63, 3.8) is 0 Å². The number of rotatable bonds is 4. The number of anilines is 1. The molecule has 0 spiro atoms. The molecule has 2 aromatic rings. The molecule has 1 atom stereocenters. The lowest BCUT2D eigenvalue weighted by Crippen LogP contribution is -2.34. The van der Waals surface area contributed by atoms with Crippen LogP contribution in [-0.4, -0.2) is 31.2 Å². The van der Waals surface area contributed by atoms with Gasteiger partial charge in [-0.1, -0.05) is 32.0 Å². The number of nitrogens with zero attached hydrogens (tertiary/aromatic N) is 2. The molecule has 2 heterocycles. The molecule has 0 radical (unpaired) electrons. The largest absolute Gasteiger partial charge is 0.309 e. The zero-order valence-electron chi connectivity index (χ0n) is 14.7. The Morgan fingerprint density at radius 1 is 1.15 bits per heavy atom. The van der Waals surface area contributed by atoms with E-state index >= 15 is 0 Å². The molecule has 1 aromatic heterocycles. The monoisotopic (exact) mass is 372 g/mol. The van der Waals surface area contributed by atoms with Crippen molar-refractivity contribution < 1.29 is 13.2 Å². The molecular weight excluding hydrogens is 352 g/mol. The van der Waals surface area contributed by atoms with Crippen LogP contribution in [0.5, 0.6) is 0 Å². The molecule has 0 unspecified atom stereocenters. The highest BCUT2D eigenvalue weighted by Gasteiger charge is 2.32. The van der Waals surface area contributed by atoms with E-state index in [-0.39, 0.29) is 22.6 Å². The Morgan fingerprint density at radius 2 is 1.88 bits per heavy atom. The fraction of sp³-hybridized carbons (Fsp3) is 0.278. The van der Waals surface area contributed by atoms with Crippen LogP contribution in [-0.2, 0) is 14.8 Å². The highest BCUT2D eigenvalue weighted by atomic mass is 32.2. The molecule has 136 valence electrons. The van der Waals surface area contributed by atoms with E-state index in [1.54, 1.807) is 30.3 Å². The number of carbonyl (C=O) groups excluding carboxylic acids is 1. The van der Waals surface area contributed by atoms with E-state index in [0.717, 1.165) is 5.69 Å². The number of amidine groups is 1. The van der Waals surface area contributed by atoms with E-state index in [1.807, 2.05) is 26.8 Å². The van der Waals surface area contributed by atoms with E-state index in [9.17, 15) is 13.2 Å². The SMILES string of the molecule is Cc1cccc(NC(=O)[C@@H](N=C2NS(=O)(=O)c3ccccc32)C(C)C)n1. The molecule has 0 saturated heterocycles. The second-order valence-electron chi connectivity index (χ2n) is 6.42. The number of aryl methyl sites for hydroxylation is 1. The van der Waals surface area contributed by atoms with Gasteiger partial charge >= 0.3 is 0 Å². The van der Waals surface area contributed by atoms with Crippen molar-refractivity contribution in [3.8, 4) is 0 Å². The van der Waals surface area contributed by atoms with Crippen LogP contribution in [0, 0.1) is 12.8 Å². The Morgan fingerprint density at radius 3 is 2.58 bits per heavy atom. The Kier molecular flexibility index (Phi) is 4.78. The number of sulfonamides is 1.